The van der Waals surface area contributed by atoms with Gasteiger partial charge in [-0.05, 0) is 66.7 Å². The van der Waals surface area contributed by atoms with E-state index in [-0.39, 0.29) is 11.2 Å². The molecule has 92 valence electrons. The summed E-state index contributed by atoms with van der Waals surface area (Å²) in [4.78, 5) is 0. The molecule has 0 amide bonds. The third-order valence-corrected chi connectivity index (χ3v) is 5.38. The Morgan fingerprint density at radius 2 is 2.06 bits per heavy atom. The van der Waals surface area contributed by atoms with Crippen LogP contribution in [0.2, 0.25) is 0 Å². The average molecular weight is 318 g/mol. The number of fused-ring (bicyclic) bond motifs is 1. The Kier molecular flexibility index (Phi) is 2.99. The smallest absolute Gasteiger partial charge is 0.126 e. The summed E-state index contributed by atoms with van der Waals surface area (Å²) >= 11 is 9.56. The third kappa shape index (κ3) is 2.26. The second-order valence-corrected chi connectivity index (χ2v) is 6.89. The van der Waals surface area contributed by atoms with E-state index in [1.165, 1.54) is 25.3 Å². The van der Waals surface area contributed by atoms with E-state index in [9.17, 15) is 4.39 Å². The van der Waals surface area contributed by atoms with Gasteiger partial charge in [-0.25, -0.2) is 4.39 Å². The molecule has 17 heavy (non-hydrogen) atoms. The molecule has 0 saturated heterocycles. The van der Waals surface area contributed by atoms with Crippen LogP contribution in [0.1, 0.15) is 24.8 Å². The van der Waals surface area contributed by atoms with Gasteiger partial charge in [-0.15, -0.1) is 11.6 Å². The molecule has 3 heteroatoms. The van der Waals surface area contributed by atoms with Gasteiger partial charge in [0.25, 0.3) is 0 Å². The fraction of sp³-hybridized carbons (Fsp3) is 0.571. The largest absolute Gasteiger partial charge is 0.207 e. The van der Waals surface area contributed by atoms with Crippen molar-refractivity contribution < 1.29 is 4.39 Å². The predicted molar refractivity (Wildman–Crippen MR) is 71.8 cm³/mol. The molecule has 0 aromatic heterocycles. The highest BCUT2D eigenvalue weighted by Crippen LogP contribution is 2.61. The zero-order valence-electron chi connectivity index (χ0n) is 9.56. The standard InChI is InChI=1S/C14H15BrClF/c15-12-1-2-13(17)11(4-12)7-14(8-16)5-9-3-10(9)6-14/h1-2,4,9-10H,3,5-8H2. The summed E-state index contributed by atoms with van der Waals surface area (Å²) < 4.78 is 14.7. The molecule has 0 radical (unpaired) electrons. The van der Waals surface area contributed by atoms with Gasteiger partial charge < -0.3 is 0 Å². The minimum Gasteiger partial charge on any atom is -0.207 e. The van der Waals surface area contributed by atoms with Crippen LogP contribution in [-0.2, 0) is 6.42 Å². The highest BCUT2D eigenvalue weighted by atomic mass is 79.9. The Morgan fingerprint density at radius 3 is 2.71 bits per heavy atom. The van der Waals surface area contributed by atoms with Gasteiger partial charge in [0.05, 0.1) is 0 Å². The second kappa shape index (κ2) is 4.24. The van der Waals surface area contributed by atoms with Crippen LogP contribution < -0.4 is 0 Å². The number of hydrogen-bond donors (Lipinski definition) is 0. The van der Waals surface area contributed by atoms with E-state index in [4.69, 9.17) is 11.6 Å². The van der Waals surface area contributed by atoms with E-state index in [0.29, 0.717) is 5.88 Å². The SMILES string of the molecule is Fc1ccc(Br)cc1CC1(CCl)CC2CC2C1. The molecule has 3 rings (SSSR count). The zero-order valence-corrected chi connectivity index (χ0v) is 11.9. The van der Waals surface area contributed by atoms with E-state index in [1.807, 2.05) is 6.07 Å². The Labute approximate surface area is 115 Å². The van der Waals surface area contributed by atoms with Crippen LogP contribution in [0, 0.1) is 23.1 Å². The molecule has 2 unspecified atom stereocenters. The molecular formula is C14H15BrClF. The molecule has 0 aliphatic heterocycles. The van der Waals surface area contributed by atoms with Gasteiger partial charge in [0.1, 0.15) is 5.82 Å². The summed E-state index contributed by atoms with van der Waals surface area (Å²) in [6, 6.07) is 5.18. The molecule has 2 atom stereocenters. The Balaban J connectivity index is 1.83. The Hall–Kier alpha value is -0.0800. The number of benzene rings is 1. The normalized spacial score (nSPS) is 34.8. The third-order valence-electron chi connectivity index (χ3n) is 4.32. The topological polar surface area (TPSA) is 0 Å². The lowest BCUT2D eigenvalue weighted by molar-refractivity contribution is 0.299. The van der Waals surface area contributed by atoms with Crippen LogP contribution in [0.5, 0.6) is 0 Å². The van der Waals surface area contributed by atoms with E-state index < -0.39 is 0 Å². The van der Waals surface area contributed by atoms with E-state index in [2.05, 4.69) is 15.9 Å². The Bertz CT molecular complexity index is 436. The van der Waals surface area contributed by atoms with Crippen molar-refractivity contribution in [2.75, 3.05) is 5.88 Å². The van der Waals surface area contributed by atoms with E-state index in [1.54, 1.807) is 6.07 Å². The summed E-state index contributed by atoms with van der Waals surface area (Å²) in [5.41, 5.74) is 0.956. The second-order valence-electron chi connectivity index (χ2n) is 5.71. The maximum atomic E-state index is 13.8. The first kappa shape index (κ1) is 12.0. The summed E-state index contributed by atoms with van der Waals surface area (Å²) in [6.45, 7) is 0. The van der Waals surface area contributed by atoms with Gasteiger partial charge >= 0.3 is 0 Å². The zero-order chi connectivity index (χ0) is 12.0. The summed E-state index contributed by atoms with van der Waals surface area (Å²) in [6.07, 6.45) is 4.54. The fourth-order valence-corrected chi connectivity index (χ4v) is 4.11. The van der Waals surface area contributed by atoms with Crippen molar-refractivity contribution in [1.82, 2.24) is 0 Å². The van der Waals surface area contributed by atoms with Gasteiger partial charge in [-0.3, -0.25) is 0 Å². The molecule has 0 bridgehead atoms. The first-order chi connectivity index (χ1) is 8.12. The molecule has 2 saturated carbocycles. The molecular weight excluding hydrogens is 303 g/mol. The molecule has 1 aromatic rings. The van der Waals surface area contributed by atoms with Crippen molar-refractivity contribution in [1.29, 1.82) is 0 Å². The highest BCUT2D eigenvalue weighted by Gasteiger charge is 2.53. The van der Waals surface area contributed by atoms with Crippen LogP contribution in [0.15, 0.2) is 22.7 Å². The molecule has 0 spiro atoms. The highest BCUT2D eigenvalue weighted by molar-refractivity contribution is 9.10. The summed E-state index contributed by atoms with van der Waals surface area (Å²) in [5, 5.41) is 0. The summed E-state index contributed by atoms with van der Waals surface area (Å²) in [7, 11) is 0. The van der Waals surface area contributed by atoms with Crippen LogP contribution in [0.3, 0.4) is 0 Å². The molecule has 2 aliphatic rings. The molecule has 1 aromatic carbocycles. The maximum absolute atomic E-state index is 13.8. The van der Waals surface area contributed by atoms with Crippen LogP contribution in [-0.4, -0.2) is 5.88 Å². The molecule has 0 heterocycles. The van der Waals surface area contributed by atoms with Crippen LogP contribution in [0.25, 0.3) is 0 Å². The molecule has 2 aliphatic carbocycles. The van der Waals surface area contributed by atoms with Crippen LogP contribution >= 0.6 is 27.5 Å². The number of alkyl halides is 1. The fourth-order valence-electron chi connectivity index (χ4n) is 3.39. The lowest BCUT2D eigenvalue weighted by Crippen LogP contribution is -2.24. The summed E-state index contributed by atoms with van der Waals surface area (Å²) in [5.74, 6) is 2.32. The number of rotatable bonds is 3. The number of hydrogen-bond acceptors (Lipinski definition) is 0. The quantitative estimate of drug-likeness (QED) is 0.703. The molecule has 2 fully saturated rings. The van der Waals surface area contributed by atoms with Crippen molar-refractivity contribution in [3.05, 3.63) is 34.1 Å². The first-order valence-corrected chi connectivity index (χ1v) is 7.44. The minimum atomic E-state index is -0.0988. The molecule has 0 N–H and O–H groups in total. The first-order valence-electron chi connectivity index (χ1n) is 6.12. The minimum absolute atomic E-state index is 0.0988. The lowest BCUT2D eigenvalue weighted by Gasteiger charge is -2.28. The van der Waals surface area contributed by atoms with E-state index in [0.717, 1.165) is 28.3 Å². The van der Waals surface area contributed by atoms with Crippen LogP contribution in [0.4, 0.5) is 4.39 Å². The van der Waals surface area contributed by atoms with Crippen molar-refractivity contribution >= 4 is 27.5 Å². The molecule has 0 nitrogen and oxygen atoms in total. The average Bonchev–Trinajstić information content (AvgIpc) is 2.92. The van der Waals surface area contributed by atoms with Gasteiger partial charge in [0.2, 0.25) is 0 Å². The van der Waals surface area contributed by atoms with Crippen molar-refractivity contribution in [2.24, 2.45) is 17.3 Å². The van der Waals surface area contributed by atoms with Crippen molar-refractivity contribution in [3.63, 3.8) is 0 Å². The van der Waals surface area contributed by atoms with E-state index >= 15 is 0 Å². The maximum Gasteiger partial charge on any atom is 0.126 e. The van der Waals surface area contributed by atoms with Gasteiger partial charge in [0, 0.05) is 10.4 Å². The Morgan fingerprint density at radius 1 is 1.35 bits per heavy atom. The van der Waals surface area contributed by atoms with Crippen molar-refractivity contribution in [2.45, 2.75) is 25.7 Å². The number of halogens is 3. The van der Waals surface area contributed by atoms with Gasteiger partial charge in [0.15, 0.2) is 0 Å². The van der Waals surface area contributed by atoms with Crippen molar-refractivity contribution in [3.8, 4) is 0 Å². The lowest BCUT2D eigenvalue weighted by atomic mass is 9.79. The monoisotopic (exact) mass is 316 g/mol. The van der Waals surface area contributed by atoms with Gasteiger partial charge in [-0.2, -0.15) is 0 Å². The predicted octanol–water partition coefficient (Wildman–Crippen LogP) is 4.79. The van der Waals surface area contributed by atoms with Gasteiger partial charge in [-0.1, -0.05) is 15.9 Å².